The SMILES string of the molecule is CC(C)c1c(C(=O)NCC2CCCC2)nn(-c2ccc(F)cc2)c1CC[C@@H](O)C[C@@H](O)CC(=O)O.[H-].[Na+]. The van der Waals surface area contributed by atoms with Gasteiger partial charge in [-0.2, -0.15) is 5.10 Å². The molecule has 194 valence electrons. The third-order valence-electron chi connectivity index (χ3n) is 6.58. The summed E-state index contributed by atoms with van der Waals surface area (Å²) in [7, 11) is 0. The zero-order valence-electron chi connectivity index (χ0n) is 22.4. The van der Waals surface area contributed by atoms with E-state index >= 15 is 0 Å². The number of carbonyl (C=O) groups is 2. The van der Waals surface area contributed by atoms with E-state index in [0.717, 1.165) is 24.1 Å². The van der Waals surface area contributed by atoms with Crippen molar-refractivity contribution in [2.45, 2.75) is 83.3 Å². The summed E-state index contributed by atoms with van der Waals surface area (Å²) < 4.78 is 15.2. The summed E-state index contributed by atoms with van der Waals surface area (Å²) in [6.07, 6.45) is 2.59. The van der Waals surface area contributed by atoms with Crippen molar-refractivity contribution in [2.24, 2.45) is 5.92 Å². The van der Waals surface area contributed by atoms with Gasteiger partial charge in [-0.05, 0) is 68.2 Å². The van der Waals surface area contributed by atoms with Crippen molar-refractivity contribution < 1.29 is 60.3 Å². The van der Waals surface area contributed by atoms with Gasteiger partial charge in [-0.15, -0.1) is 0 Å². The third kappa shape index (κ3) is 8.38. The molecule has 1 heterocycles. The molecule has 8 nitrogen and oxygen atoms in total. The number of amides is 1. The minimum atomic E-state index is -1.15. The van der Waals surface area contributed by atoms with Gasteiger partial charge in [0.25, 0.3) is 5.91 Å². The van der Waals surface area contributed by atoms with E-state index in [9.17, 15) is 24.2 Å². The normalized spacial score (nSPS) is 15.5. The van der Waals surface area contributed by atoms with E-state index in [2.05, 4.69) is 10.4 Å². The Morgan fingerprint density at radius 3 is 2.39 bits per heavy atom. The van der Waals surface area contributed by atoms with Crippen molar-refractivity contribution in [3.63, 3.8) is 0 Å². The van der Waals surface area contributed by atoms with E-state index in [0.29, 0.717) is 30.3 Å². The second-order valence-electron chi connectivity index (χ2n) is 9.79. The number of carboxylic acids is 1. The molecule has 0 saturated heterocycles. The van der Waals surface area contributed by atoms with Gasteiger partial charge in [0.05, 0.1) is 24.3 Å². The quantitative estimate of drug-likeness (QED) is 0.310. The van der Waals surface area contributed by atoms with Gasteiger partial charge < -0.3 is 22.1 Å². The van der Waals surface area contributed by atoms with Gasteiger partial charge in [0.15, 0.2) is 5.69 Å². The number of carboxylic acid groups (broad SMARTS) is 1. The molecule has 4 N–H and O–H groups in total. The Bertz CT molecular complexity index is 1010. The van der Waals surface area contributed by atoms with Gasteiger partial charge >= 0.3 is 35.5 Å². The van der Waals surface area contributed by atoms with Gasteiger partial charge in [0, 0.05) is 17.8 Å². The first-order chi connectivity index (χ1) is 16.7. The molecule has 0 radical (unpaired) electrons. The van der Waals surface area contributed by atoms with Gasteiger partial charge in [-0.3, -0.25) is 9.59 Å². The second-order valence-corrected chi connectivity index (χ2v) is 9.79. The average Bonchev–Trinajstić information content (AvgIpc) is 3.44. The number of aliphatic hydroxyl groups is 2. The Kier molecular flexibility index (Phi) is 12.0. The largest absolute Gasteiger partial charge is 1.00 e. The predicted octanol–water partition coefficient (Wildman–Crippen LogP) is 0.691. The Labute approximate surface area is 235 Å². The zero-order chi connectivity index (χ0) is 25.5. The number of carbonyl (C=O) groups excluding carboxylic acids is 1. The Morgan fingerprint density at radius 2 is 1.81 bits per heavy atom. The minimum Gasteiger partial charge on any atom is -1.00 e. The fourth-order valence-electron chi connectivity index (χ4n) is 4.83. The smallest absolute Gasteiger partial charge is 1.00 e. The number of aliphatic hydroxyl groups excluding tert-OH is 2. The van der Waals surface area contributed by atoms with Crippen molar-refractivity contribution in [1.29, 1.82) is 0 Å². The summed E-state index contributed by atoms with van der Waals surface area (Å²) in [6.45, 7) is 4.54. The van der Waals surface area contributed by atoms with Crippen LogP contribution in [0, 0.1) is 11.7 Å². The maximum atomic E-state index is 13.6. The number of nitrogens with zero attached hydrogens (tertiary/aromatic N) is 2. The van der Waals surface area contributed by atoms with Crippen LogP contribution < -0.4 is 34.9 Å². The first-order valence-corrected chi connectivity index (χ1v) is 12.4. The van der Waals surface area contributed by atoms with E-state index in [4.69, 9.17) is 5.11 Å². The predicted molar refractivity (Wildman–Crippen MR) is 130 cm³/mol. The van der Waals surface area contributed by atoms with Crippen LogP contribution in [0.3, 0.4) is 0 Å². The van der Waals surface area contributed by atoms with E-state index < -0.39 is 24.6 Å². The van der Waals surface area contributed by atoms with Gasteiger partial charge in [-0.25, -0.2) is 9.07 Å². The standard InChI is InChI=1S/C26H36FN3O5.Na.H/c1-16(2)24-22(12-11-20(31)13-21(32)14-23(33)34)30(19-9-7-18(27)8-10-19)29-25(24)26(35)28-15-17-5-3-4-6-17;;/h7-10,16-17,20-21,31-32H,3-6,11-15H2,1-2H3,(H,28,35)(H,33,34);;/q;+1;-1/t20-,21-;;/m1../s1. The molecule has 0 aliphatic heterocycles. The molecular formula is C26H37FN3NaO5. The molecule has 0 unspecified atom stereocenters. The molecule has 2 aromatic rings. The molecular weight excluding hydrogens is 476 g/mol. The maximum Gasteiger partial charge on any atom is 1.00 e. The summed E-state index contributed by atoms with van der Waals surface area (Å²) in [5.74, 6) is -1.33. The molecule has 1 aliphatic carbocycles. The van der Waals surface area contributed by atoms with E-state index in [1.54, 1.807) is 16.8 Å². The monoisotopic (exact) mass is 513 g/mol. The minimum absolute atomic E-state index is 0. The fourth-order valence-corrected chi connectivity index (χ4v) is 4.83. The van der Waals surface area contributed by atoms with Crippen molar-refractivity contribution in [3.05, 3.63) is 47.0 Å². The number of benzene rings is 1. The van der Waals surface area contributed by atoms with E-state index in [1.807, 2.05) is 13.8 Å². The molecule has 1 aromatic carbocycles. The summed E-state index contributed by atoms with van der Waals surface area (Å²) in [5.41, 5.74) is 2.40. The molecule has 36 heavy (non-hydrogen) atoms. The van der Waals surface area contributed by atoms with Crippen LogP contribution in [0.2, 0.25) is 0 Å². The van der Waals surface area contributed by atoms with Gasteiger partial charge in [0.1, 0.15) is 5.82 Å². The maximum absolute atomic E-state index is 13.6. The fraction of sp³-hybridized carbons (Fsp3) is 0.577. The van der Waals surface area contributed by atoms with Crippen LogP contribution in [-0.4, -0.2) is 55.7 Å². The van der Waals surface area contributed by atoms with Crippen molar-refractivity contribution in [1.82, 2.24) is 15.1 Å². The Balaban J connectivity index is 0.00000342. The van der Waals surface area contributed by atoms with Crippen LogP contribution in [0.5, 0.6) is 0 Å². The third-order valence-corrected chi connectivity index (χ3v) is 6.58. The first-order valence-electron chi connectivity index (χ1n) is 12.4. The number of hydrogen-bond acceptors (Lipinski definition) is 5. The Hall–Kier alpha value is -1.78. The molecule has 1 aromatic heterocycles. The molecule has 0 bridgehead atoms. The van der Waals surface area contributed by atoms with Crippen LogP contribution in [0.1, 0.15) is 87.9 Å². The number of aromatic nitrogens is 2. The summed E-state index contributed by atoms with van der Waals surface area (Å²) >= 11 is 0. The van der Waals surface area contributed by atoms with Gasteiger partial charge in [-0.1, -0.05) is 26.7 Å². The van der Waals surface area contributed by atoms with Crippen LogP contribution in [-0.2, 0) is 11.2 Å². The van der Waals surface area contributed by atoms with Crippen LogP contribution in [0.25, 0.3) is 5.69 Å². The molecule has 0 spiro atoms. The number of nitrogens with one attached hydrogen (secondary N) is 1. The summed E-state index contributed by atoms with van der Waals surface area (Å²) in [6, 6.07) is 5.83. The van der Waals surface area contributed by atoms with E-state index in [-0.39, 0.29) is 61.5 Å². The summed E-state index contributed by atoms with van der Waals surface area (Å²) in [5, 5.41) is 36.8. The molecule has 2 atom stereocenters. The summed E-state index contributed by atoms with van der Waals surface area (Å²) in [4.78, 5) is 24.0. The van der Waals surface area contributed by atoms with Crippen molar-refractivity contribution in [2.75, 3.05) is 6.54 Å². The number of halogens is 1. The molecule has 1 amide bonds. The molecule has 1 saturated carbocycles. The van der Waals surface area contributed by atoms with Crippen LogP contribution in [0.15, 0.2) is 24.3 Å². The Morgan fingerprint density at radius 1 is 1.17 bits per heavy atom. The second kappa shape index (κ2) is 14.2. The first kappa shape index (κ1) is 30.4. The van der Waals surface area contributed by atoms with Crippen molar-refractivity contribution >= 4 is 11.9 Å². The number of hydrogen-bond donors (Lipinski definition) is 4. The van der Waals surface area contributed by atoms with Crippen molar-refractivity contribution in [3.8, 4) is 5.69 Å². The van der Waals surface area contributed by atoms with Crippen LogP contribution in [0.4, 0.5) is 4.39 Å². The topological polar surface area (TPSA) is 125 Å². The number of aliphatic carboxylic acids is 1. The molecule has 1 aliphatic rings. The zero-order valence-corrected chi connectivity index (χ0v) is 23.4. The van der Waals surface area contributed by atoms with Gasteiger partial charge in [0.2, 0.25) is 0 Å². The van der Waals surface area contributed by atoms with E-state index in [1.165, 1.54) is 25.0 Å². The average molecular weight is 514 g/mol. The van der Waals surface area contributed by atoms with Crippen LogP contribution >= 0.6 is 0 Å². The molecule has 10 heteroatoms. The molecule has 3 rings (SSSR count). The molecule has 1 fully saturated rings. The number of rotatable bonds is 12.